The summed E-state index contributed by atoms with van der Waals surface area (Å²) in [5.74, 6) is 0.176. The lowest BCUT2D eigenvalue weighted by Gasteiger charge is -2.20. The summed E-state index contributed by atoms with van der Waals surface area (Å²) in [6.45, 7) is 3.31. The van der Waals surface area contributed by atoms with E-state index in [1.807, 2.05) is 6.92 Å². The lowest BCUT2D eigenvalue weighted by atomic mass is 10.0. The van der Waals surface area contributed by atoms with Gasteiger partial charge in [0.2, 0.25) is 0 Å². The van der Waals surface area contributed by atoms with Crippen LogP contribution in [0.2, 0.25) is 0 Å². The number of hydrogen-bond acceptors (Lipinski definition) is 4. The fourth-order valence-corrected chi connectivity index (χ4v) is 1.29. The van der Waals surface area contributed by atoms with Crippen LogP contribution in [0.4, 0.5) is 4.79 Å². The third kappa shape index (κ3) is 3.61. The van der Waals surface area contributed by atoms with Crippen LogP contribution in [-0.4, -0.2) is 32.2 Å². The van der Waals surface area contributed by atoms with E-state index in [0.29, 0.717) is 20.0 Å². The van der Waals surface area contributed by atoms with Crippen LogP contribution < -0.4 is 5.73 Å². The Balaban J connectivity index is 2.34. The zero-order chi connectivity index (χ0) is 9.68. The van der Waals surface area contributed by atoms with Crippen LogP contribution in [0.3, 0.4) is 0 Å². The molecule has 1 heterocycles. The number of rotatable bonds is 2. The summed E-state index contributed by atoms with van der Waals surface area (Å²) in [5.41, 5.74) is 4.91. The molecule has 2 atom stereocenters. The summed E-state index contributed by atoms with van der Waals surface area (Å²) in [6, 6.07) is 0. The molecule has 1 saturated heterocycles. The third-order valence-electron chi connectivity index (χ3n) is 2.10. The van der Waals surface area contributed by atoms with Gasteiger partial charge in [0.1, 0.15) is 12.9 Å². The molecule has 2 unspecified atom stereocenters. The van der Waals surface area contributed by atoms with Crippen LogP contribution in [0.1, 0.15) is 13.3 Å². The smallest absolute Gasteiger partial charge is 0.404 e. The summed E-state index contributed by atoms with van der Waals surface area (Å²) in [5, 5.41) is 0. The van der Waals surface area contributed by atoms with Crippen molar-refractivity contribution in [1.82, 2.24) is 0 Å². The van der Waals surface area contributed by atoms with Gasteiger partial charge < -0.3 is 19.9 Å². The average Bonchev–Trinajstić information content (AvgIpc) is 2.29. The lowest BCUT2D eigenvalue weighted by molar-refractivity contribution is -0.0414. The van der Waals surface area contributed by atoms with Gasteiger partial charge in [-0.2, -0.15) is 0 Å². The van der Waals surface area contributed by atoms with E-state index in [2.05, 4.69) is 0 Å². The van der Waals surface area contributed by atoms with Crippen LogP contribution in [0.5, 0.6) is 0 Å². The third-order valence-corrected chi connectivity index (χ3v) is 2.10. The molecule has 13 heavy (non-hydrogen) atoms. The Labute approximate surface area is 77.1 Å². The molecule has 0 saturated carbocycles. The van der Waals surface area contributed by atoms with Crippen molar-refractivity contribution >= 4 is 6.09 Å². The van der Waals surface area contributed by atoms with Gasteiger partial charge in [-0.15, -0.1) is 0 Å². The van der Waals surface area contributed by atoms with E-state index in [0.717, 1.165) is 6.42 Å². The summed E-state index contributed by atoms with van der Waals surface area (Å²) in [4.78, 5) is 10.5. The molecule has 2 N–H and O–H groups in total. The first kappa shape index (κ1) is 10.3. The Kier molecular flexibility index (Phi) is 3.98. The fourth-order valence-electron chi connectivity index (χ4n) is 1.29. The summed E-state index contributed by atoms with van der Waals surface area (Å²) in [7, 11) is 0. The predicted molar refractivity (Wildman–Crippen MR) is 45.0 cm³/mol. The molecule has 0 aromatic rings. The molecule has 1 fully saturated rings. The van der Waals surface area contributed by atoms with Crippen LogP contribution >= 0.6 is 0 Å². The fraction of sp³-hybridized carbons (Fsp3) is 0.875. The second kappa shape index (κ2) is 5.04. The molecule has 5 heteroatoms. The average molecular weight is 189 g/mol. The molecule has 0 aliphatic carbocycles. The minimum atomic E-state index is -0.738. The molecule has 1 rings (SSSR count). The molecule has 1 aliphatic rings. The van der Waals surface area contributed by atoms with Crippen LogP contribution in [0, 0.1) is 5.92 Å². The van der Waals surface area contributed by atoms with Crippen LogP contribution in [0.25, 0.3) is 0 Å². The number of nitrogens with two attached hydrogens (primary N) is 1. The van der Waals surface area contributed by atoms with Gasteiger partial charge in [-0.05, 0) is 13.3 Å². The number of carbonyl (C=O) groups is 1. The quantitative estimate of drug-likeness (QED) is 0.685. The highest BCUT2D eigenvalue weighted by Crippen LogP contribution is 2.15. The maximum Gasteiger partial charge on any atom is 0.404 e. The predicted octanol–water partition coefficient (Wildman–Crippen LogP) is 0.481. The normalized spacial score (nSPS) is 26.1. The van der Waals surface area contributed by atoms with E-state index in [1.165, 1.54) is 0 Å². The Morgan fingerprint density at radius 3 is 3.08 bits per heavy atom. The largest absolute Gasteiger partial charge is 0.446 e. The van der Waals surface area contributed by atoms with Crippen molar-refractivity contribution in [3.8, 4) is 0 Å². The highest BCUT2D eigenvalue weighted by molar-refractivity contribution is 5.64. The van der Waals surface area contributed by atoms with Crippen molar-refractivity contribution in [3.63, 3.8) is 0 Å². The van der Waals surface area contributed by atoms with E-state index >= 15 is 0 Å². The Bertz CT molecular complexity index is 166. The number of ether oxygens (including phenoxy) is 3. The van der Waals surface area contributed by atoms with Gasteiger partial charge in [-0.25, -0.2) is 4.79 Å². The van der Waals surface area contributed by atoms with Crippen molar-refractivity contribution in [3.05, 3.63) is 0 Å². The maximum atomic E-state index is 10.5. The van der Waals surface area contributed by atoms with Gasteiger partial charge >= 0.3 is 6.09 Å². The summed E-state index contributed by atoms with van der Waals surface area (Å²) < 4.78 is 15.1. The molecule has 0 bridgehead atoms. The Morgan fingerprint density at radius 2 is 2.38 bits per heavy atom. The Morgan fingerprint density at radius 1 is 1.62 bits per heavy atom. The molecule has 0 aromatic carbocycles. The maximum absolute atomic E-state index is 10.5. The van der Waals surface area contributed by atoms with Gasteiger partial charge in [0, 0.05) is 12.5 Å². The second-order valence-electron chi connectivity index (χ2n) is 3.09. The monoisotopic (exact) mass is 189 g/mol. The second-order valence-corrected chi connectivity index (χ2v) is 3.09. The zero-order valence-corrected chi connectivity index (χ0v) is 7.69. The first-order chi connectivity index (χ1) is 6.20. The van der Waals surface area contributed by atoms with E-state index in [-0.39, 0.29) is 12.0 Å². The van der Waals surface area contributed by atoms with Crippen molar-refractivity contribution in [2.75, 3.05) is 20.0 Å². The first-order valence-electron chi connectivity index (χ1n) is 4.31. The molecule has 0 spiro atoms. The highest BCUT2D eigenvalue weighted by Gasteiger charge is 2.22. The molecule has 5 nitrogen and oxygen atoms in total. The van der Waals surface area contributed by atoms with E-state index in [9.17, 15) is 4.79 Å². The number of carbonyl (C=O) groups excluding carboxylic acids is 1. The minimum Gasteiger partial charge on any atom is -0.446 e. The minimum absolute atomic E-state index is 0.176. The van der Waals surface area contributed by atoms with Crippen molar-refractivity contribution in [1.29, 1.82) is 0 Å². The van der Waals surface area contributed by atoms with Gasteiger partial charge in [0.15, 0.2) is 0 Å². The molecular formula is C8H15NO4. The van der Waals surface area contributed by atoms with E-state index in [1.54, 1.807) is 0 Å². The van der Waals surface area contributed by atoms with Crippen LogP contribution in [0.15, 0.2) is 0 Å². The number of primary amides is 1. The standard InChI is InChI=1S/C8H15NO4/c1-6(13-8(9)10)7-2-3-11-5-12-4-7/h6-7H,2-5H2,1H3,(H2,9,10). The van der Waals surface area contributed by atoms with Gasteiger partial charge in [0.25, 0.3) is 0 Å². The van der Waals surface area contributed by atoms with Crippen molar-refractivity contribution < 1.29 is 19.0 Å². The Hall–Kier alpha value is -0.810. The van der Waals surface area contributed by atoms with Crippen molar-refractivity contribution in [2.45, 2.75) is 19.4 Å². The topological polar surface area (TPSA) is 70.8 Å². The zero-order valence-electron chi connectivity index (χ0n) is 7.69. The number of hydrogen-bond donors (Lipinski definition) is 1. The van der Waals surface area contributed by atoms with Gasteiger partial charge in [-0.3, -0.25) is 0 Å². The lowest BCUT2D eigenvalue weighted by Crippen LogP contribution is -2.29. The van der Waals surface area contributed by atoms with E-state index < -0.39 is 6.09 Å². The SMILES string of the molecule is CC(OC(N)=O)C1CCOCOC1. The molecule has 76 valence electrons. The molecular weight excluding hydrogens is 174 g/mol. The van der Waals surface area contributed by atoms with E-state index in [4.69, 9.17) is 19.9 Å². The number of amides is 1. The molecule has 1 aliphatic heterocycles. The highest BCUT2D eigenvalue weighted by atomic mass is 16.7. The summed E-state index contributed by atoms with van der Waals surface area (Å²) >= 11 is 0. The summed E-state index contributed by atoms with van der Waals surface area (Å²) in [6.07, 6.45) is -0.120. The van der Waals surface area contributed by atoms with Gasteiger partial charge in [0.05, 0.1) is 6.61 Å². The van der Waals surface area contributed by atoms with Crippen molar-refractivity contribution in [2.24, 2.45) is 11.7 Å². The van der Waals surface area contributed by atoms with Gasteiger partial charge in [-0.1, -0.05) is 0 Å². The molecule has 0 radical (unpaired) electrons. The van der Waals surface area contributed by atoms with Crippen LogP contribution in [-0.2, 0) is 14.2 Å². The molecule has 1 amide bonds. The first-order valence-corrected chi connectivity index (χ1v) is 4.31. The molecule has 0 aromatic heterocycles.